The molecule has 1 heterocycles. The first-order valence-electron chi connectivity index (χ1n) is 11.6. The summed E-state index contributed by atoms with van der Waals surface area (Å²) >= 11 is 0. The summed E-state index contributed by atoms with van der Waals surface area (Å²) in [6, 6.07) is 6.97. The van der Waals surface area contributed by atoms with Crippen molar-refractivity contribution >= 4 is 29.3 Å². The number of piperidine rings is 1. The predicted octanol–water partition coefficient (Wildman–Crippen LogP) is 3.52. The fourth-order valence-corrected chi connectivity index (χ4v) is 4.35. The Morgan fingerprint density at radius 1 is 0.871 bits per heavy atom. The molecular weight excluding hydrogens is 394 g/mol. The summed E-state index contributed by atoms with van der Waals surface area (Å²) in [6.45, 7) is 1.86. The average Bonchev–Trinajstić information content (AvgIpc) is 3.48. The fraction of sp³-hybridized carbons (Fsp3) is 0.609. The first-order valence-corrected chi connectivity index (χ1v) is 11.6. The largest absolute Gasteiger partial charge is 0.356 e. The van der Waals surface area contributed by atoms with Gasteiger partial charge in [-0.15, -0.1) is 0 Å². The van der Waals surface area contributed by atoms with Crippen LogP contribution in [0.25, 0.3) is 0 Å². The Kier molecular flexibility index (Phi) is 6.94. The highest BCUT2D eigenvalue weighted by Crippen LogP contribution is 2.28. The number of benzene rings is 1. The molecule has 8 heteroatoms. The molecule has 1 aliphatic heterocycles. The van der Waals surface area contributed by atoms with E-state index in [4.69, 9.17) is 0 Å². The van der Waals surface area contributed by atoms with Gasteiger partial charge in [-0.05, 0) is 68.7 Å². The van der Waals surface area contributed by atoms with E-state index in [-0.39, 0.29) is 29.9 Å². The van der Waals surface area contributed by atoms with Crippen molar-refractivity contribution in [2.45, 2.75) is 57.4 Å². The molecule has 0 bridgehead atoms. The third kappa shape index (κ3) is 6.35. The second-order valence-electron chi connectivity index (χ2n) is 9.06. The van der Waals surface area contributed by atoms with Crippen LogP contribution in [0.15, 0.2) is 24.3 Å². The molecule has 1 unspecified atom stereocenters. The van der Waals surface area contributed by atoms with Crippen LogP contribution in [-0.4, -0.2) is 48.5 Å². The van der Waals surface area contributed by atoms with E-state index < -0.39 is 0 Å². The maximum Gasteiger partial charge on any atom is 0.321 e. The van der Waals surface area contributed by atoms with Crippen molar-refractivity contribution in [3.63, 3.8) is 0 Å². The normalized spacial score (nSPS) is 21.4. The molecule has 3 fully saturated rings. The number of hydrogen-bond acceptors (Lipinski definition) is 3. The molecule has 0 aromatic heterocycles. The monoisotopic (exact) mass is 427 g/mol. The van der Waals surface area contributed by atoms with Gasteiger partial charge in [-0.25, -0.2) is 9.59 Å². The average molecular weight is 428 g/mol. The molecule has 2 saturated carbocycles. The minimum absolute atomic E-state index is 0.0655. The van der Waals surface area contributed by atoms with Crippen LogP contribution >= 0.6 is 0 Å². The van der Waals surface area contributed by atoms with Crippen LogP contribution in [0.3, 0.4) is 0 Å². The van der Waals surface area contributed by atoms with Gasteiger partial charge in [0, 0.05) is 37.1 Å². The van der Waals surface area contributed by atoms with Crippen molar-refractivity contribution in [3.05, 3.63) is 24.3 Å². The summed E-state index contributed by atoms with van der Waals surface area (Å²) in [5, 5.41) is 11.8. The molecule has 2 aliphatic carbocycles. The Labute approximate surface area is 183 Å². The van der Waals surface area contributed by atoms with Gasteiger partial charge < -0.3 is 26.2 Å². The number of rotatable bonds is 6. The SMILES string of the molecule is O=C(Nc1ccc(NC(=O)N2CCCC(C(=O)NCC3CC3)C2)cc1)NC1CCCC1. The van der Waals surface area contributed by atoms with Crippen molar-refractivity contribution in [2.24, 2.45) is 11.8 Å². The maximum atomic E-state index is 12.7. The number of anilines is 2. The molecule has 8 nitrogen and oxygen atoms in total. The minimum Gasteiger partial charge on any atom is -0.356 e. The van der Waals surface area contributed by atoms with Crippen molar-refractivity contribution in [2.75, 3.05) is 30.3 Å². The zero-order chi connectivity index (χ0) is 21.6. The van der Waals surface area contributed by atoms with Gasteiger partial charge >= 0.3 is 12.1 Å². The molecule has 4 N–H and O–H groups in total. The predicted molar refractivity (Wildman–Crippen MR) is 120 cm³/mol. The van der Waals surface area contributed by atoms with Gasteiger partial charge in [0.25, 0.3) is 0 Å². The van der Waals surface area contributed by atoms with Gasteiger partial charge in [-0.1, -0.05) is 12.8 Å². The molecule has 0 spiro atoms. The van der Waals surface area contributed by atoms with E-state index in [1.807, 2.05) is 0 Å². The Balaban J connectivity index is 1.22. The molecule has 1 atom stereocenters. The highest BCUT2D eigenvalue weighted by Gasteiger charge is 2.30. The lowest BCUT2D eigenvalue weighted by Gasteiger charge is -2.32. The second-order valence-corrected chi connectivity index (χ2v) is 9.06. The Bertz CT molecular complexity index is 787. The zero-order valence-electron chi connectivity index (χ0n) is 18.0. The Morgan fingerprint density at radius 2 is 1.55 bits per heavy atom. The van der Waals surface area contributed by atoms with Crippen molar-refractivity contribution in [3.8, 4) is 0 Å². The number of hydrogen-bond donors (Lipinski definition) is 4. The molecule has 31 heavy (non-hydrogen) atoms. The van der Waals surface area contributed by atoms with Crippen LogP contribution in [0.4, 0.5) is 21.0 Å². The highest BCUT2D eigenvalue weighted by atomic mass is 16.2. The molecular formula is C23H33N5O3. The highest BCUT2D eigenvalue weighted by molar-refractivity contribution is 5.92. The lowest BCUT2D eigenvalue weighted by molar-refractivity contribution is -0.126. The molecule has 1 saturated heterocycles. The third-order valence-electron chi connectivity index (χ3n) is 6.43. The number of carbonyl (C=O) groups is 3. The van der Waals surface area contributed by atoms with E-state index in [2.05, 4.69) is 21.3 Å². The number of likely N-dealkylation sites (tertiary alicyclic amines) is 1. The molecule has 1 aromatic carbocycles. The number of urea groups is 2. The van der Waals surface area contributed by atoms with E-state index in [1.54, 1.807) is 29.2 Å². The molecule has 168 valence electrons. The third-order valence-corrected chi connectivity index (χ3v) is 6.43. The maximum absolute atomic E-state index is 12.7. The van der Waals surface area contributed by atoms with Crippen LogP contribution in [0.1, 0.15) is 51.4 Å². The fourth-order valence-electron chi connectivity index (χ4n) is 4.35. The molecule has 4 rings (SSSR count). The van der Waals surface area contributed by atoms with Gasteiger partial charge in [0.2, 0.25) is 5.91 Å². The lowest BCUT2D eigenvalue weighted by Crippen LogP contribution is -2.47. The second kappa shape index (κ2) is 10.0. The van der Waals surface area contributed by atoms with E-state index in [0.717, 1.165) is 32.2 Å². The van der Waals surface area contributed by atoms with Crippen molar-refractivity contribution in [1.29, 1.82) is 0 Å². The number of amides is 5. The summed E-state index contributed by atoms with van der Waals surface area (Å²) in [5.41, 5.74) is 1.34. The quantitative estimate of drug-likeness (QED) is 0.558. The number of nitrogens with zero attached hydrogens (tertiary/aromatic N) is 1. The summed E-state index contributed by atoms with van der Waals surface area (Å²) in [5.74, 6) is 0.581. The van der Waals surface area contributed by atoms with Crippen LogP contribution in [-0.2, 0) is 4.79 Å². The van der Waals surface area contributed by atoms with Crippen LogP contribution in [0, 0.1) is 11.8 Å². The standard InChI is InChI=1S/C23H33N5O3/c29-21(24-14-16-7-8-16)17-4-3-13-28(15-17)23(31)27-20-11-9-19(10-12-20)26-22(30)25-18-5-1-2-6-18/h9-12,16-18H,1-8,13-15H2,(H,24,29)(H,27,31)(H2,25,26,30). The number of carbonyl (C=O) groups excluding carboxylic acids is 3. The minimum atomic E-state index is -0.195. The Hall–Kier alpha value is -2.77. The van der Waals surface area contributed by atoms with Gasteiger partial charge in [-0.3, -0.25) is 4.79 Å². The van der Waals surface area contributed by atoms with E-state index in [9.17, 15) is 14.4 Å². The summed E-state index contributed by atoms with van der Waals surface area (Å²) < 4.78 is 0. The van der Waals surface area contributed by atoms with Gasteiger partial charge in [0.05, 0.1) is 5.92 Å². The molecule has 1 aromatic rings. The summed E-state index contributed by atoms with van der Waals surface area (Å²) in [7, 11) is 0. The number of nitrogens with one attached hydrogen (secondary N) is 4. The first kappa shape index (κ1) is 21.5. The smallest absolute Gasteiger partial charge is 0.321 e. The first-order chi connectivity index (χ1) is 15.1. The van der Waals surface area contributed by atoms with Gasteiger partial charge in [0.15, 0.2) is 0 Å². The summed E-state index contributed by atoms with van der Waals surface area (Å²) in [6.07, 6.45) is 8.48. The van der Waals surface area contributed by atoms with E-state index in [0.29, 0.717) is 30.4 Å². The van der Waals surface area contributed by atoms with Crippen LogP contribution < -0.4 is 21.3 Å². The summed E-state index contributed by atoms with van der Waals surface area (Å²) in [4.78, 5) is 38.8. The van der Waals surface area contributed by atoms with Crippen LogP contribution in [0.5, 0.6) is 0 Å². The molecule has 3 aliphatic rings. The van der Waals surface area contributed by atoms with Gasteiger partial charge in [-0.2, -0.15) is 0 Å². The van der Waals surface area contributed by atoms with E-state index in [1.165, 1.54) is 25.7 Å². The lowest BCUT2D eigenvalue weighted by atomic mass is 9.97. The zero-order valence-corrected chi connectivity index (χ0v) is 18.0. The van der Waals surface area contributed by atoms with Crippen LogP contribution in [0.2, 0.25) is 0 Å². The molecule has 5 amide bonds. The topological polar surface area (TPSA) is 103 Å². The van der Waals surface area contributed by atoms with E-state index >= 15 is 0 Å². The molecule has 0 radical (unpaired) electrons. The van der Waals surface area contributed by atoms with Gasteiger partial charge in [0.1, 0.15) is 0 Å². The van der Waals surface area contributed by atoms with Crippen molar-refractivity contribution < 1.29 is 14.4 Å². The Morgan fingerprint density at radius 3 is 2.23 bits per heavy atom. The van der Waals surface area contributed by atoms with Crippen molar-refractivity contribution in [1.82, 2.24) is 15.5 Å².